The Hall–Kier alpha value is -3.02. The molecule has 2 aliphatic rings. The van der Waals surface area contributed by atoms with Gasteiger partial charge in [0.15, 0.2) is 0 Å². The summed E-state index contributed by atoms with van der Waals surface area (Å²) in [5.41, 5.74) is 0.712. The van der Waals surface area contributed by atoms with Gasteiger partial charge in [-0.1, -0.05) is 0 Å². The number of rotatable bonds is 7. The molecular weight excluding hydrogens is 536 g/mol. The average molecular weight is 567 g/mol. The number of hydrogen-bond acceptors (Lipinski definition) is 14. The quantitative estimate of drug-likeness (QED) is 0.153. The van der Waals surface area contributed by atoms with Gasteiger partial charge in [-0.3, -0.25) is 0 Å². The van der Waals surface area contributed by atoms with Crippen LogP contribution in [-0.4, -0.2) is 121 Å². The van der Waals surface area contributed by atoms with Crippen LogP contribution < -0.4 is 9.47 Å². The molecule has 10 atom stereocenters. The minimum Gasteiger partial charge on any atom is -0.508 e. The van der Waals surface area contributed by atoms with E-state index in [0.29, 0.717) is 22.3 Å². The van der Waals surface area contributed by atoms with Gasteiger partial charge in [-0.25, -0.2) is 0 Å². The van der Waals surface area contributed by atoms with Crippen LogP contribution in [0.3, 0.4) is 0 Å². The maximum atomic E-state index is 10.3. The van der Waals surface area contributed by atoms with Gasteiger partial charge in [-0.05, 0) is 30.3 Å². The second-order valence-corrected chi connectivity index (χ2v) is 9.66. The highest BCUT2D eigenvalue weighted by molar-refractivity contribution is 5.84. The van der Waals surface area contributed by atoms with E-state index in [1.807, 2.05) is 0 Å². The molecule has 2 aromatic carbocycles. The summed E-state index contributed by atoms with van der Waals surface area (Å²) in [5.74, 6) is 0.311. The molecule has 1 aromatic heterocycles. The summed E-state index contributed by atoms with van der Waals surface area (Å²) in [4.78, 5) is 0. The van der Waals surface area contributed by atoms with E-state index in [1.54, 1.807) is 18.2 Å². The number of aliphatic hydroxyl groups is 8. The van der Waals surface area contributed by atoms with Crippen molar-refractivity contribution >= 4 is 11.0 Å². The third-order valence-electron chi connectivity index (χ3n) is 6.87. The van der Waals surface area contributed by atoms with Gasteiger partial charge in [0.25, 0.3) is 0 Å². The first-order chi connectivity index (χ1) is 19.1. The van der Waals surface area contributed by atoms with Gasteiger partial charge in [0.2, 0.25) is 12.6 Å². The van der Waals surface area contributed by atoms with Crippen molar-refractivity contribution in [3.63, 3.8) is 0 Å². The molecule has 0 saturated carbocycles. The Bertz CT molecular complexity index is 1310. The molecule has 2 fully saturated rings. The molecule has 40 heavy (non-hydrogen) atoms. The second kappa shape index (κ2) is 11.5. The fourth-order valence-electron chi connectivity index (χ4n) is 4.62. The summed E-state index contributed by atoms with van der Waals surface area (Å²) in [6.45, 7) is -1.23. The van der Waals surface area contributed by atoms with Crippen molar-refractivity contribution in [2.24, 2.45) is 0 Å². The van der Waals surface area contributed by atoms with Gasteiger partial charge in [-0.2, -0.15) is 0 Å². The maximum Gasteiger partial charge on any atom is 0.229 e. The zero-order valence-electron chi connectivity index (χ0n) is 20.8. The minimum absolute atomic E-state index is 0.0337. The van der Waals surface area contributed by atoms with Gasteiger partial charge >= 0.3 is 0 Å². The first kappa shape index (κ1) is 28.5. The van der Waals surface area contributed by atoms with E-state index in [9.17, 15) is 46.0 Å². The van der Waals surface area contributed by atoms with Crippen LogP contribution in [0.5, 0.6) is 17.2 Å². The van der Waals surface area contributed by atoms with Crippen LogP contribution in [0.1, 0.15) is 0 Å². The van der Waals surface area contributed by atoms with Crippen LogP contribution in [0.25, 0.3) is 22.3 Å². The third kappa shape index (κ3) is 5.46. The lowest BCUT2D eigenvalue weighted by Gasteiger charge is -2.39. The first-order valence-corrected chi connectivity index (χ1v) is 12.4. The smallest absolute Gasteiger partial charge is 0.229 e. The zero-order chi connectivity index (χ0) is 28.7. The van der Waals surface area contributed by atoms with E-state index in [4.69, 9.17) is 23.4 Å². The Morgan fingerprint density at radius 1 is 0.625 bits per heavy atom. The highest BCUT2D eigenvalue weighted by Crippen LogP contribution is 2.36. The monoisotopic (exact) mass is 566 g/mol. The molecule has 0 spiro atoms. The van der Waals surface area contributed by atoms with E-state index in [2.05, 4.69) is 0 Å². The Morgan fingerprint density at radius 3 is 1.77 bits per heavy atom. The van der Waals surface area contributed by atoms with E-state index in [-0.39, 0.29) is 17.2 Å². The van der Waals surface area contributed by atoms with Crippen molar-refractivity contribution in [3.8, 4) is 28.6 Å². The summed E-state index contributed by atoms with van der Waals surface area (Å²) in [5, 5.41) is 90.0. The molecule has 3 heterocycles. The Balaban J connectivity index is 1.35. The number of aliphatic hydroxyl groups excluding tert-OH is 8. The fraction of sp³-hybridized carbons (Fsp3) is 0.462. The Morgan fingerprint density at radius 2 is 1.20 bits per heavy atom. The molecule has 9 N–H and O–H groups in total. The number of ether oxygens (including phenoxy) is 4. The van der Waals surface area contributed by atoms with Crippen LogP contribution in [0.15, 0.2) is 46.9 Å². The number of fused-ring (bicyclic) bond motifs is 1. The number of hydrogen-bond donors (Lipinski definition) is 9. The van der Waals surface area contributed by atoms with E-state index >= 15 is 0 Å². The fourth-order valence-corrected chi connectivity index (χ4v) is 4.62. The first-order valence-electron chi connectivity index (χ1n) is 12.4. The van der Waals surface area contributed by atoms with Crippen molar-refractivity contribution in [1.82, 2.24) is 0 Å². The molecule has 0 radical (unpaired) electrons. The summed E-state index contributed by atoms with van der Waals surface area (Å²) in [6.07, 6.45) is -14.7. The molecule has 2 aliphatic heterocycles. The molecule has 14 nitrogen and oxygen atoms in total. The predicted molar refractivity (Wildman–Crippen MR) is 132 cm³/mol. The van der Waals surface area contributed by atoms with Gasteiger partial charge < -0.3 is 69.3 Å². The van der Waals surface area contributed by atoms with Gasteiger partial charge in [0, 0.05) is 23.1 Å². The lowest BCUT2D eigenvalue weighted by molar-refractivity contribution is -0.277. The van der Waals surface area contributed by atoms with Crippen LogP contribution >= 0.6 is 0 Å². The predicted octanol–water partition coefficient (Wildman–Crippen LogP) is -1.84. The highest BCUT2D eigenvalue weighted by atomic mass is 16.7. The number of phenols is 1. The molecule has 0 aliphatic carbocycles. The zero-order valence-corrected chi connectivity index (χ0v) is 20.8. The average Bonchev–Trinajstić information content (AvgIpc) is 3.37. The molecular formula is C26H30O14. The van der Waals surface area contributed by atoms with Crippen molar-refractivity contribution in [2.45, 2.75) is 61.4 Å². The largest absolute Gasteiger partial charge is 0.508 e. The van der Waals surface area contributed by atoms with Gasteiger partial charge in [0.1, 0.15) is 77.4 Å². The number of aromatic hydroxyl groups is 1. The molecule has 2 saturated heterocycles. The molecule has 10 unspecified atom stereocenters. The van der Waals surface area contributed by atoms with Crippen molar-refractivity contribution in [3.05, 3.63) is 42.5 Å². The van der Waals surface area contributed by atoms with Crippen LogP contribution in [0.2, 0.25) is 0 Å². The van der Waals surface area contributed by atoms with E-state index in [1.165, 1.54) is 24.3 Å². The van der Waals surface area contributed by atoms with Gasteiger partial charge in [0.05, 0.1) is 13.2 Å². The van der Waals surface area contributed by atoms with Crippen molar-refractivity contribution < 1.29 is 69.3 Å². The lowest BCUT2D eigenvalue weighted by atomic mass is 9.99. The SMILES string of the molecule is OCC1OC(Oc2cc(O)cc(-c3cc4ccc(OC5OC(CO)C(O)C(O)C5O)cc4o3)c2)C(O)C(O)C1O. The van der Waals surface area contributed by atoms with Crippen molar-refractivity contribution in [1.29, 1.82) is 0 Å². The molecule has 218 valence electrons. The normalized spacial score (nSPS) is 34.6. The van der Waals surface area contributed by atoms with Crippen LogP contribution in [0.4, 0.5) is 0 Å². The molecule has 5 rings (SSSR count). The summed E-state index contributed by atoms with van der Waals surface area (Å²) >= 11 is 0. The molecule has 14 heteroatoms. The van der Waals surface area contributed by atoms with E-state index < -0.39 is 74.6 Å². The summed E-state index contributed by atoms with van der Waals surface area (Å²) < 4.78 is 27.9. The van der Waals surface area contributed by atoms with Gasteiger partial charge in [-0.15, -0.1) is 0 Å². The van der Waals surface area contributed by atoms with Crippen LogP contribution in [0, 0.1) is 0 Å². The highest BCUT2D eigenvalue weighted by Gasteiger charge is 2.45. The lowest BCUT2D eigenvalue weighted by Crippen LogP contribution is -2.60. The summed E-state index contributed by atoms with van der Waals surface area (Å²) in [6, 6.07) is 10.5. The Kier molecular flexibility index (Phi) is 8.17. The maximum absolute atomic E-state index is 10.3. The summed E-state index contributed by atoms with van der Waals surface area (Å²) in [7, 11) is 0. The minimum atomic E-state index is -1.64. The van der Waals surface area contributed by atoms with E-state index in [0.717, 1.165) is 0 Å². The number of benzene rings is 2. The molecule has 3 aromatic rings. The number of phenolic OH excluding ortho intramolecular Hbond substituents is 1. The topological polar surface area (TPSA) is 232 Å². The van der Waals surface area contributed by atoms with Crippen LogP contribution in [-0.2, 0) is 9.47 Å². The third-order valence-corrected chi connectivity index (χ3v) is 6.87. The second-order valence-electron chi connectivity index (χ2n) is 9.66. The molecule has 0 amide bonds. The molecule has 0 bridgehead atoms. The van der Waals surface area contributed by atoms with Crippen molar-refractivity contribution in [2.75, 3.05) is 13.2 Å². The standard InChI is InChI=1S/C26H30O14/c27-8-17-19(30)21(32)23(34)25(39-17)36-13-2-1-10-5-15(38-16(10)7-13)11-3-12(29)6-14(4-11)37-26-24(35)22(33)20(31)18(9-28)40-26/h1-7,17-35H,8-9H2. The number of furan rings is 1. The Labute approximate surface area is 226 Å².